The number of benzene rings is 1. The van der Waals surface area contributed by atoms with Gasteiger partial charge in [0, 0.05) is 12.5 Å². The summed E-state index contributed by atoms with van der Waals surface area (Å²) in [6, 6.07) is 7.76. The first-order valence-electron chi connectivity index (χ1n) is 5.62. The first-order chi connectivity index (χ1) is 7.10. The maximum Gasteiger partial charge on any atom is 0.137 e. The molecule has 2 heteroatoms. The molecule has 0 aliphatic heterocycles. The van der Waals surface area contributed by atoms with Crippen LogP contribution < -0.4 is 5.73 Å². The Kier molecular flexibility index (Phi) is 2.79. The third-order valence-electron chi connectivity index (χ3n) is 3.27. The van der Waals surface area contributed by atoms with Gasteiger partial charge in [0.2, 0.25) is 0 Å². The Bertz CT molecular complexity index is 350. The van der Waals surface area contributed by atoms with Crippen molar-refractivity contribution in [3.05, 3.63) is 35.4 Å². The molecule has 82 valence electrons. The van der Waals surface area contributed by atoms with E-state index in [9.17, 15) is 4.39 Å². The van der Waals surface area contributed by atoms with Crippen molar-refractivity contribution in [2.75, 3.05) is 0 Å². The Balaban J connectivity index is 2.28. The molecule has 0 saturated heterocycles. The molecule has 1 aromatic carbocycles. The number of hydrogen-bond donors (Lipinski definition) is 1. The lowest BCUT2D eigenvalue weighted by Crippen LogP contribution is -2.36. The van der Waals surface area contributed by atoms with Crippen LogP contribution in [0.4, 0.5) is 4.39 Å². The van der Waals surface area contributed by atoms with Crippen LogP contribution in [0.25, 0.3) is 0 Å². The van der Waals surface area contributed by atoms with Gasteiger partial charge >= 0.3 is 0 Å². The molecule has 0 heterocycles. The second kappa shape index (κ2) is 3.93. The van der Waals surface area contributed by atoms with E-state index in [0.29, 0.717) is 12.8 Å². The molecule has 2 atom stereocenters. The first-order valence-corrected chi connectivity index (χ1v) is 5.62. The van der Waals surface area contributed by atoms with E-state index in [1.54, 1.807) is 0 Å². The van der Waals surface area contributed by atoms with Crippen LogP contribution in [0.3, 0.4) is 0 Å². The van der Waals surface area contributed by atoms with Crippen LogP contribution in [0.1, 0.15) is 36.8 Å². The summed E-state index contributed by atoms with van der Waals surface area (Å²) in [4.78, 5) is 0. The lowest BCUT2D eigenvalue weighted by atomic mass is 9.79. The molecule has 1 aliphatic rings. The molecule has 1 aliphatic carbocycles. The van der Waals surface area contributed by atoms with Crippen LogP contribution in [0.2, 0.25) is 0 Å². The molecule has 0 aromatic heterocycles. The van der Waals surface area contributed by atoms with Crippen LogP contribution in [-0.4, -0.2) is 6.04 Å². The highest BCUT2D eigenvalue weighted by Gasteiger charge is 2.36. The highest BCUT2D eigenvalue weighted by Crippen LogP contribution is 2.40. The van der Waals surface area contributed by atoms with E-state index in [1.807, 2.05) is 31.2 Å². The van der Waals surface area contributed by atoms with Gasteiger partial charge in [0.25, 0.3) is 0 Å². The van der Waals surface area contributed by atoms with Gasteiger partial charge in [-0.2, -0.15) is 0 Å². The highest BCUT2D eigenvalue weighted by atomic mass is 19.1. The van der Waals surface area contributed by atoms with E-state index >= 15 is 0 Å². The molecule has 2 unspecified atom stereocenters. The summed E-state index contributed by atoms with van der Waals surface area (Å²) in [7, 11) is 0. The average molecular weight is 207 g/mol. The van der Waals surface area contributed by atoms with Crippen molar-refractivity contribution in [1.82, 2.24) is 0 Å². The Morgan fingerprint density at radius 3 is 2.93 bits per heavy atom. The minimum Gasteiger partial charge on any atom is -0.328 e. The van der Waals surface area contributed by atoms with Crippen molar-refractivity contribution >= 4 is 0 Å². The normalized spacial score (nSPS) is 31.5. The van der Waals surface area contributed by atoms with E-state index < -0.39 is 5.67 Å². The van der Waals surface area contributed by atoms with Gasteiger partial charge in [0.05, 0.1) is 0 Å². The molecule has 1 aromatic rings. The SMILES string of the molecule is Cc1cccc(C2(F)CCCC(N)C2)c1. The Hall–Kier alpha value is -0.890. The van der Waals surface area contributed by atoms with Gasteiger partial charge < -0.3 is 5.73 Å². The molecule has 1 saturated carbocycles. The lowest BCUT2D eigenvalue weighted by molar-refractivity contribution is 0.0947. The third kappa shape index (κ3) is 2.20. The maximum atomic E-state index is 14.7. The largest absolute Gasteiger partial charge is 0.328 e. The van der Waals surface area contributed by atoms with Gasteiger partial charge in [0.1, 0.15) is 5.67 Å². The quantitative estimate of drug-likeness (QED) is 0.752. The molecule has 2 N–H and O–H groups in total. The second-order valence-electron chi connectivity index (χ2n) is 4.69. The molecule has 2 rings (SSSR count). The maximum absolute atomic E-state index is 14.7. The summed E-state index contributed by atoms with van der Waals surface area (Å²) >= 11 is 0. The smallest absolute Gasteiger partial charge is 0.137 e. The fraction of sp³-hybridized carbons (Fsp3) is 0.538. The standard InChI is InChI=1S/C13H18FN/c1-10-4-2-5-11(8-10)13(14)7-3-6-12(15)9-13/h2,4-5,8,12H,3,6-7,9,15H2,1H3. The molecule has 1 nitrogen and oxygen atoms in total. The number of hydrogen-bond acceptors (Lipinski definition) is 1. The average Bonchev–Trinajstić information content (AvgIpc) is 2.17. The number of alkyl halides is 1. The van der Waals surface area contributed by atoms with Gasteiger partial charge in [-0.25, -0.2) is 4.39 Å². The van der Waals surface area contributed by atoms with Crippen LogP contribution in [0.5, 0.6) is 0 Å². The zero-order valence-corrected chi connectivity index (χ0v) is 9.17. The predicted molar refractivity (Wildman–Crippen MR) is 60.4 cm³/mol. The Morgan fingerprint density at radius 2 is 2.27 bits per heavy atom. The number of nitrogens with two attached hydrogens (primary N) is 1. The fourth-order valence-electron chi connectivity index (χ4n) is 2.45. The van der Waals surface area contributed by atoms with Crippen molar-refractivity contribution in [3.63, 3.8) is 0 Å². The Morgan fingerprint density at radius 1 is 1.47 bits per heavy atom. The molecule has 0 spiro atoms. The summed E-state index contributed by atoms with van der Waals surface area (Å²) in [6.07, 6.45) is 2.93. The zero-order chi connectivity index (χ0) is 10.9. The minimum atomic E-state index is -1.19. The van der Waals surface area contributed by atoms with Gasteiger partial charge in [-0.15, -0.1) is 0 Å². The van der Waals surface area contributed by atoms with Gasteiger partial charge in [-0.1, -0.05) is 29.8 Å². The van der Waals surface area contributed by atoms with Crippen LogP contribution in [0, 0.1) is 6.92 Å². The Labute approximate surface area is 90.5 Å². The summed E-state index contributed by atoms with van der Waals surface area (Å²) in [5.41, 5.74) is 6.57. The molecule has 0 radical (unpaired) electrons. The van der Waals surface area contributed by atoms with Crippen molar-refractivity contribution < 1.29 is 4.39 Å². The van der Waals surface area contributed by atoms with E-state index in [-0.39, 0.29) is 6.04 Å². The molecule has 0 amide bonds. The minimum absolute atomic E-state index is 0.0178. The van der Waals surface area contributed by atoms with Crippen molar-refractivity contribution in [1.29, 1.82) is 0 Å². The first kappa shape index (κ1) is 10.6. The second-order valence-corrected chi connectivity index (χ2v) is 4.69. The zero-order valence-electron chi connectivity index (χ0n) is 9.17. The van der Waals surface area contributed by atoms with E-state index in [1.165, 1.54) is 0 Å². The van der Waals surface area contributed by atoms with E-state index in [2.05, 4.69) is 0 Å². The van der Waals surface area contributed by atoms with Crippen LogP contribution in [-0.2, 0) is 5.67 Å². The van der Waals surface area contributed by atoms with Gasteiger partial charge in [0.15, 0.2) is 0 Å². The summed E-state index contributed by atoms with van der Waals surface area (Å²) < 4.78 is 14.7. The monoisotopic (exact) mass is 207 g/mol. The van der Waals surface area contributed by atoms with E-state index in [0.717, 1.165) is 24.0 Å². The van der Waals surface area contributed by atoms with Crippen molar-refractivity contribution in [3.8, 4) is 0 Å². The summed E-state index contributed by atoms with van der Waals surface area (Å²) in [6.45, 7) is 2.00. The van der Waals surface area contributed by atoms with Crippen LogP contribution in [0.15, 0.2) is 24.3 Å². The summed E-state index contributed by atoms with van der Waals surface area (Å²) in [5.74, 6) is 0. The molecule has 0 bridgehead atoms. The van der Waals surface area contributed by atoms with Gasteiger partial charge in [-0.05, 0) is 31.7 Å². The predicted octanol–water partition coefficient (Wildman–Crippen LogP) is 3.06. The topological polar surface area (TPSA) is 26.0 Å². The number of aryl methyl sites for hydroxylation is 1. The molecule has 15 heavy (non-hydrogen) atoms. The summed E-state index contributed by atoms with van der Waals surface area (Å²) in [5, 5.41) is 0. The molecule has 1 fully saturated rings. The van der Waals surface area contributed by atoms with E-state index in [4.69, 9.17) is 5.73 Å². The van der Waals surface area contributed by atoms with Crippen LogP contribution >= 0.6 is 0 Å². The van der Waals surface area contributed by atoms with Crippen molar-refractivity contribution in [2.45, 2.75) is 44.3 Å². The number of halogens is 1. The molecular formula is C13H18FN. The molecular weight excluding hydrogens is 189 g/mol. The lowest BCUT2D eigenvalue weighted by Gasteiger charge is -2.33. The van der Waals surface area contributed by atoms with Crippen molar-refractivity contribution in [2.24, 2.45) is 5.73 Å². The van der Waals surface area contributed by atoms with Gasteiger partial charge in [-0.3, -0.25) is 0 Å². The fourth-order valence-corrected chi connectivity index (χ4v) is 2.45. The number of rotatable bonds is 1. The third-order valence-corrected chi connectivity index (χ3v) is 3.27. The highest BCUT2D eigenvalue weighted by molar-refractivity contribution is 5.28.